The van der Waals surface area contributed by atoms with Crippen molar-refractivity contribution >= 4 is 5.82 Å². The Hall–Kier alpha value is -2.32. The van der Waals surface area contributed by atoms with Crippen LogP contribution in [-0.4, -0.2) is 9.78 Å². The highest BCUT2D eigenvalue weighted by molar-refractivity contribution is 5.55. The van der Waals surface area contributed by atoms with Crippen molar-refractivity contribution in [2.75, 3.05) is 5.32 Å². The Morgan fingerprint density at radius 2 is 2.05 bits per heavy atom. The summed E-state index contributed by atoms with van der Waals surface area (Å²) in [5.74, 6) is 0.742. The number of rotatable bonds is 4. The van der Waals surface area contributed by atoms with Gasteiger partial charge in [-0.05, 0) is 18.1 Å². The van der Waals surface area contributed by atoms with E-state index < -0.39 is 0 Å². The summed E-state index contributed by atoms with van der Waals surface area (Å²) >= 11 is 0. The number of aromatic nitrogens is 2. The molecule has 0 amide bonds. The van der Waals surface area contributed by atoms with Gasteiger partial charge < -0.3 is 11.1 Å². The first-order valence-corrected chi connectivity index (χ1v) is 6.11. The third-order valence-electron chi connectivity index (χ3n) is 3.12. The number of anilines is 1. The second kappa shape index (κ2) is 5.55. The Balaban J connectivity index is 2.22. The molecular formula is C14H17N5. The number of aryl methyl sites for hydroxylation is 2. The average Bonchev–Trinajstić information content (AvgIpc) is 2.70. The lowest BCUT2D eigenvalue weighted by Gasteiger charge is -2.10. The number of hydrogen-bond donors (Lipinski definition) is 2. The smallest absolute Gasteiger partial charge is 0.142 e. The monoisotopic (exact) mass is 255 g/mol. The molecule has 98 valence electrons. The van der Waals surface area contributed by atoms with Crippen LogP contribution in [0.2, 0.25) is 0 Å². The third-order valence-corrected chi connectivity index (χ3v) is 3.12. The molecule has 0 fully saturated rings. The van der Waals surface area contributed by atoms with Crippen LogP contribution in [0.3, 0.4) is 0 Å². The maximum atomic E-state index is 9.15. The normalized spacial score (nSPS) is 10.2. The summed E-state index contributed by atoms with van der Waals surface area (Å²) < 4.78 is 1.69. The Morgan fingerprint density at radius 3 is 2.68 bits per heavy atom. The molecule has 5 heteroatoms. The van der Waals surface area contributed by atoms with Crippen LogP contribution in [0.1, 0.15) is 22.4 Å². The Bertz CT molecular complexity index is 621. The quantitative estimate of drug-likeness (QED) is 0.871. The Labute approximate surface area is 112 Å². The molecule has 0 aliphatic heterocycles. The van der Waals surface area contributed by atoms with E-state index in [9.17, 15) is 0 Å². The van der Waals surface area contributed by atoms with Gasteiger partial charge in [-0.2, -0.15) is 10.4 Å². The summed E-state index contributed by atoms with van der Waals surface area (Å²) in [7, 11) is 1.82. The molecule has 0 aliphatic rings. The SMILES string of the molecule is Cc1nn(C)c(NCc2ccccc2CN)c1C#N. The zero-order valence-corrected chi connectivity index (χ0v) is 11.1. The highest BCUT2D eigenvalue weighted by Gasteiger charge is 2.12. The number of nitrogens with one attached hydrogen (secondary N) is 1. The molecule has 19 heavy (non-hydrogen) atoms. The second-order valence-corrected chi connectivity index (χ2v) is 4.37. The number of nitriles is 1. The molecule has 0 atom stereocenters. The maximum absolute atomic E-state index is 9.15. The topological polar surface area (TPSA) is 79.7 Å². The van der Waals surface area contributed by atoms with Gasteiger partial charge in [-0.1, -0.05) is 24.3 Å². The van der Waals surface area contributed by atoms with Gasteiger partial charge in [0.1, 0.15) is 17.5 Å². The molecule has 0 aliphatic carbocycles. The fraction of sp³-hybridized carbons (Fsp3) is 0.286. The van der Waals surface area contributed by atoms with E-state index in [4.69, 9.17) is 11.0 Å². The summed E-state index contributed by atoms with van der Waals surface area (Å²) in [4.78, 5) is 0. The first kappa shape index (κ1) is 13.1. The van der Waals surface area contributed by atoms with Crippen molar-refractivity contribution in [3.05, 3.63) is 46.6 Å². The van der Waals surface area contributed by atoms with Crippen molar-refractivity contribution in [1.29, 1.82) is 5.26 Å². The van der Waals surface area contributed by atoms with Crippen LogP contribution in [0, 0.1) is 18.3 Å². The molecule has 2 aromatic rings. The van der Waals surface area contributed by atoms with E-state index in [-0.39, 0.29) is 0 Å². The van der Waals surface area contributed by atoms with Gasteiger partial charge in [-0.15, -0.1) is 0 Å². The lowest BCUT2D eigenvalue weighted by molar-refractivity contribution is 0.757. The van der Waals surface area contributed by atoms with Crippen molar-refractivity contribution in [2.24, 2.45) is 12.8 Å². The summed E-state index contributed by atoms with van der Waals surface area (Å²) in [5.41, 5.74) is 9.27. The van der Waals surface area contributed by atoms with Crippen LogP contribution in [0.4, 0.5) is 5.82 Å². The van der Waals surface area contributed by atoms with Crippen LogP contribution < -0.4 is 11.1 Å². The third kappa shape index (κ3) is 2.59. The standard InChI is InChI=1S/C14H17N5/c1-10-13(8-16)14(19(2)18-10)17-9-12-6-4-3-5-11(12)7-15/h3-6,17H,7,9,15H2,1-2H3. The fourth-order valence-electron chi connectivity index (χ4n) is 2.10. The van der Waals surface area contributed by atoms with E-state index in [1.54, 1.807) is 4.68 Å². The minimum atomic E-state index is 0.507. The summed E-state index contributed by atoms with van der Waals surface area (Å²) in [6.07, 6.45) is 0. The summed E-state index contributed by atoms with van der Waals surface area (Å²) in [6.45, 7) is 2.96. The van der Waals surface area contributed by atoms with Gasteiger partial charge >= 0.3 is 0 Å². The van der Waals surface area contributed by atoms with Crippen molar-refractivity contribution in [3.63, 3.8) is 0 Å². The van der Waals surface area contributed by atoms with Gasteiger partial charge in [0.15, 0.2) is 0 Å². The van der Waals surface area contributed by atoms with Gasteiger partial charge in [0, 0.05) is 20.1 Å². The van der Waals surface area contributed by atoms with Crippen LogP contribution in [-0.2, 0) is 20.1 Å². The second-order valence-electron chi connectivity index (χ2n) is 4.37. The molecule has 1 heterocycles. The zero-order valence-electron chi connectivity index (χ0n) is 11.1. The molecule has 0 saturated heterocycles. The van der Waals surface area contributed by atoms with Gasteiger partial charge in [-0.3, -0.25) is 4.68 Å². The Kier molecular flexibility index (Phi) is 3.83. The molecule has 0 bridgehead atoms. The van der Waals surface area contributed by atoms with Gasteiger partial charge in [-0.25, -0.2) is 0 Å². The molecule has 3 N–H and O–H groups in total. The van der Waals surface area contributed by atoms with Crippen LogP contribution in [0.5, 0.6) is 0 Å². The summed E-state index contributed by atoms with van der Waals surface area (Å²) in [5, 5.41) is 16.7. The minimum absolute atomic E-state index is 0.507. The van der Waals surface area contributed by atoms with Crippen LogP contribution >= 0.6 is 0 Å². The lowest BCUT2D eigenvalue weighted by Crippen LogP contribution is -2.09. The maximum Gasteiger partial charge on any atom is 0.142 e. The summed E-state index contributed by atoms with van der Waals surface area (Å²) in [6, 6.07) is 10.2. The van der Waals surface area contributed by atoms with E-state index >= 15 is 0 Å². The zero-order chi connectivity index (χ0) is 13.8. The number of nitrogens with two attached hydrogens (primary N) is 1. The predicted molar refractivity (Wildman–Crippen MR) is 74.3 cm³/mol. The molecule has 0 unspecified atom stereocenters. The largest absolute Gasteiger partial charge is 0.365 e. The molecule has 2 rings (SSSR count). The van der Waals surface area contributed by atoms with E-state index in [1.807, 2.05) is 38.2 Å². The molecule has 0 radical (unpaired) electrons. The molecule has 0 spiro atoms. The molecule has 1 aromatic carbocycles. The van der Waals surface area contributed by atoms with Crippen molar-refractivity contribution in [2.45, 2.75) is 20.0 Å². The number of nitrogens with zero attached hydrogens (tertiary/aromatic N) is 3. The van der Waals surface area contributed by atoms with Crippen molar-refractivity contribution < 1.29 is 0 Å². The highest BCUT2D eigenvalue weighted by atomic mass is 15.3. The number of benzene rings is 1. The van der Waals surface area contributed by atoms with Crippen molar-refractivity contribution in [1.82, 2.24) is 9.78 Å². The minimum Gasteiger partial charge on any atom is -0.365 e. The lowest BCUT2D eigenvalue weighted by atomic mass is 10.1. The van der Waals surface area contributed by atoms with Gasteiger partial charge in [0.25, 0.3) is 0 Å². The molecule has 1 aromatic heterocycles. The molecule has 0 saturated carbocycles. The highest BCUT2D eigenvalue weighted by Crippen LogP contribution is 2.19. The van der Waals surface area contributed by atoms with E-state index in [0.29, 0.717) is 18.7 Å². The van der Waals surface area contributed by atoms with Crippen LogP contribution in [0.15, 0.2) is 24.3 Å². The first-order chi connectivity index (χ1) is 9.17. The van der Waals surface area contributed by atoms with Gasteiger partial charge in [0.2, 0.25) is 0 Å². The molecular weight excluding hydrogens is 238 g/mol. The van der Waals surface area contributed by atoms with E-state index in [0.717, 1.165) is 22.6 Å². The van der Waals surface area contributed by atoms with Crippen LogP contribution in [0.25, 0.3) is 0 Å². The average molecular weight is 255 g/mol. The van der Waals surface area contributed by atoms with Gasteiger partial charge in [0.05, 0.1) is 5.69 Å². The van der Waals surface area contributed by atoms with Crippen molar-refractivity contribution in [3.8, 4) is 6.07 Å². The Morgan fingerprint density at radius 1 is 1.37 bits per heavy atom. The number of hydrogen-bond acceptors (Lipinski definition) is 4. The molecule has 5 nitrogen and oxygen atoms in total. The first-order valence-electron chi connectivity index (χ1n) is 6.11. The predicted octanol–water partition coefficient (Wildman–Crippen LogP) is 1.67. The van der Waals surface area contributed by atoms with E-state index in [2.05, 4.69) is 16.5 Å². The van der Waals surface area contributed by atoms with E-state index in [1.165, 1.54) is 0 Å². The fourth-order valence-corrected chi connectivity index (χ4v) is 2.10.